The topological polar surface area (TPSA) is 41.1 Å². The third-order valence-electron chi connectivity index (χ3n) is 4.89. The SMILES string of the molecule is C=C/C=C\C=C(/C)CNC(=O)c1cccc(C2CC2NCC2CC2)c1. The zero-order chi connectivity index (χ0) is 17.6. The predicted molar refractivity (Wildman–Crippen MR) is 104 cm³/mol. The summed E-state index contributed by atoms with van der Waals surface area (Å²) in [5.41, 5.74) is 3.14. The quantitative estimate of drug-likeness (QED) is 0.670. The van der Waals surface area contributed by atoms with Gasteiger partial charge in [0.15, 0.2) is 0 Å². The monoisotopic (exact) mass is 336 g/mol. The number of benzene rings is 1. The molecule has 2 N–H and O–H groups in total. The van der Waals surface area contributed by atoms with Gasteiger partial charge >= 0.3 is 0 Å². The Balaban J connectivity index is 1.50. The van der Waals surface area contributed by atoms with Crippen LogP contribution in [-0.2, 0) is 0 Å². The summed E-state index contributed by atoms with van der Waals surface area (Å²) in [6, 6.07) is 8.68. The molecule has 0 radical (unpaired) electrons. The maximum atomic E-state index is 12.4. The average Bonchev–Trinajstić information content (AvgIpc) is 3.53. The number of nitrogens with one attached hydrogen (secondary N) is 2. The number of allylic oxidation sites excluding steroid dienone is 4. The van der Waals surface area contributed by atoms with Crippen LogP contribution in [0.15, 0.2) is 60.7 Å². The largest absolute Gasteiger partial charge is 0.348 e. The Bertz CT molecular complexity index is 685. The molecule has 2 atom stereocenters. The zero-order valence-electron chi connectivity index (χ0n) is 15.0. The molecule has 0 aliphatic heterocycles. The summed E-state index contributed by atoms with van der Waals surface area (Å²) in [6.45, 7) is 7.36. The van der Waals surface area contributed by atoms with Crippen molar-refractivity contribution in [3.63, 3.8) is 0 Å². The molecule has 3 heteroatoms. The number of hydrogen-bond acceptors (Lipinski definition) is 2. The van der Waals surface area contributed by atoms with Crippen molar-refractivity contribution >= 4 is 5.91 Å². The Hall–Kier alpha value is -2.13. The molecule has 0 aromatic heterocycles. The van der Waals surface area contributed by atoms with Gasteiger partial charge < -0.3 is 10.6 Å². The van der Waals surface area contributed by atoms with E-state index < -0.39 is 0 Å². The third kappa shape index (κ3) is 5.43. The molecule has 1 aromatic rings. The predicted octanol–water partition coefficient (Wildman–Crippen LogP) is 3.96. The van der Waals surface area contributed by atoms with Crippen LogP contribution in [0.1, 0.15) is 48.0 Å². The van der Waals surface area contributed by atoms with E-state index in [4.69, 9.17) is 0 Å². The summed E-state index contributed by atoms with van der Waals surface area (Å²) in [5.74, 6) is 1.47. The van der Waals surface area contributed by atoms with Gasteiger partial charge in [0.25, 0.3) is 5.91 Å². The van der Waals surface area contributed by atoms with Gasteiger partial charge in [-0.2, -0.15) is 0 Å². The number of rotatable bonds is 9. The molecule has 1 aromatic carbocycles. The molecule has 25 heavy (non-hydrogen) atoms. The molecule has 1 amide bonds. The molecule has 0 spiro atoms. The van der Waals surface area contributed by atoms with E-state index in [0.29, 0.717) is 18.5 Å². The summed E-state index contributed by atoms with van der Waals surface area (Å²) < 4.78 is 0. The van der Waals surface area contributed by atoms with Gasteiger partial charge in [-0.15, -0.1) is 0 Å². The van der Waals surface area contributed by atoms with Gasteiger partial charge in [0.2, 0.25) is 0 Å². The van der Waals surface area contributed by atoms with Crippen LogP contribution in [0.25, 0.3) is 0 Å². The lowest BCUT2D eigenvalue weighted by atomic mass is 10.1. The van der Waals surface area contributed by atoms with Crippen LogP contribution in [-0.4, -0.2) is 25.0 Å². The Morgan fingerprint density at radius 2 is 2.16 bits per heavy atom. The fourth-order valence-corrected chi connectivity index (χ4v) is 3.02. The van der Waals surface area contributed by atoms with Crippen LogP contribution in [0.2, 0.25) is 0 Å². The number of amides is 1. The molecule has 0 bridgehead atoms. The highest BCUT2D eigenvalue weighted by molar-refractivity contribution is 5.94. The lowest BCUT2D eigenvalue weighted by molar-refractivity contribution is 0.0957. The highest BCUT2D eigenvalue weighted by Crippen LogP contribution is 2.41. The van der Waals surface area contributed by atoms with Gasteiger partial charge in [-0.05, 0) is 56.3 Å². The number of carbonyl (C=O) groups is 1. The zero-order valence-corrected chi connectivity index (χ0v) is 15.0. The van der Waals surface area contributed by atoms with Crippen LogP contribution in [0.4, 0.5) is 0 Å². The highest BCUT2D eigenvalue weighted by atomic mass is 16.1. The minimum atomic E-state index is -0.00885. The minimum absolute atomic E-state index is 0.00885. The third-order valence-corrected chi connectivity index (χ3v) is 4.89. The molecular formula is C22H28N2O. The molecule has 0 heterocycles. The van der Waals surface area contributed by atoms with Gasteiger partial charge in [0.1, 0.15) is 0 Å². The van der Waals surface area contributed by atoms with Crippen molar-refractivity contribution in [3.8, 4) is 0 Å². The number of hydrogen-bond donors (Lipinski definition) is 2. The summed E-state index contributed by atoms with van der Waals surface area (Å²) in [5, 5.41) is 6.65. The molecule has 2 unspecified atom stereocenters. The average molecular weight is 336 g/mol. The standard InChI is InChI=1S/C22H28N2O/c1-3-4-5-7-16(2)14-24-22(25)19-9-6-8-18(12-19)20-13-21(20)23-15-17-10-11-17/h3-9,12,17,20-21,23H,1,10-11,13-15H2,2H3,(H,24,25)/b5-4-,16-7+. The Morgan fingerprint density at radius 3 is 2.92 bits per heavy atom. The van der Waals surface area contributed by atoms with E-state index in [1.165, 1.54) is 24.8 Å². The molecule has 2 aliphatic rings. The smallest absolute Gasteiger partial charge is 0.251 e. The van der Waals surface area contributed by atoms with Crippen LogP contribution >= 0.6 is 0 Å². The fourth-order valence-electron chi connectivity index (χ4n) is 3.02. The molecule has 3 nitrogen and oxygen atoms in total. The molecular weight excluding hydrogens is 308 g/mol. The van der Waals surface area contributed by atoms with Crippen molar-refractivity contribution in [2.45, 2.75) is 38.1 Å². The van der Waals surface area contributed by atoms with Crippen molar-refractivity contribution in [2.24, 2.45) is 5.92 Å². The van der Waals surface area contributed by atoms with Gasteiger partial charge in [0, 0.05) is 24.1 Å². The van der Waals surface area contributed by atoms with Crippen molar-refractivity contribution in [1.29, 1.82) is 0 Å². The van der Waals surface area contributed by atoms with Gasteiger partial charge in [0.05, 0.1) is 0 Å². The summed E-state index contributed by atoms with van der Waals surface area (Å²) in [7, 11) is 0. The molecule has 2 aliphatic carbocycles. The van der Waals surface area contributed by atoms with E-state index in [-0.39, 0.29) is 5.91 Å². The molecule has 132 valence electrons. The van der Waals surface area contributed by atoms with Crippen molar-refractivity contribution in [3.05, 3.63) is 71.8 Å². The number of carbonyl (C=O) groups excluding carboxylic acids is 1. The first-order valence-electron chi connectivity index (χ1n) is 9.24. The Labute approximate surface area is 150 Å². The van der Waals surface area contributed by atoms with Gasteiger partial charge in [-0.25, -0.2) is 0 Å². The minimum Gasteiger partial charge on any atom is -0.348 e. The molecule has 2 saturated carbocycles. The lowest BCUT2D eigenvalue weighted by Gasteiger charge is -2.08. The van der Waals surface area contributed by atoms with E-state index >= 15 is 0 Å². The normalized spacial score (nSPS) is 22.8. The molecule has 0 saturated heterocycles. The second-order valence-corrected chi connectivity index (χ2v) is 7.24. The Kier molecular flexibility index (Phi) is 5.87. The maximum Gasteiger partial charge on any atom is 0.251 e. The van der Waals surface area contributed by atoms with Crippen molar-refractivity contribution in [1.82, 2.24) is 10.6 Å². The molecule has 3 rings (SSSR count). The van der Waals surface area contributed by atoms with E-state index in [1.807, 2.05) is 37.3 Å². The second-order valence-electron chi connectivity index (χ2n) is 7.24. The first-order chi connectivity index (χ1) is 12.2. The lowest BCUT2D eigenvalue weighted by Crippen LogP contribution is -2.25. The maximum absolute atomic E-state index is 12.4. The Morgan fingerprint density at radius 1 is 1.32 bits per heavy atom. The van der Waals surface area contributed by atoms with Gasteiger partial charge in [-0.1, -0.05) is 48.6 Å². The fraction of sp³-hybridized carbons (Fsp3) is 0.409. The van der Waals surface area contributed by atoms with Crippen molar-refractivity contribution < 1.29 is 4.79 Å². The summed E-state index contributed by atoms with van der Waals surface area (Å²) in [6.07, 6.45) is 11.5. The van der Waals surface area contributed by atoms with E-state index in [9.17, 15) is 4.79 Å². The van der Waals surface area contributed by atoms with Crippen LogP contribution < -0.4 is 10.6 Å². The van der Waals surface area contributed by atoms with E-state index in [0.717, 1.165) is 23.6 Å². The summed E-state index contributed by atoms with van der Waals surface area (Å²) in [4.78, 5) is 12.4. The first-order valence-corrected chi connectivity index (χ1v) is 9.24. The van der Waals surface area contributed by atoms with E-state index in [2.05, 4.69) is 29.3 Å². The van der Waals surface area contributed by atoms with Gasteiger partial charge in [-0.3, -0.25) is 4.79 Å². The van der Waals surface area contributed by atoms with Crippen LogP contribution in [0, 0.1) is 5.92 Å². The van der Waals surface area contributed by atoms with Crippen LogP contribution in [0.5, 0.6) is 0 Å². The van der Waals surface area contributed by atoms with E-state index in [1.54, 1.807) is 6.08 Å². The molecule has 2 fully saturated rings. The van der Waals surface area contributed by atoms with Crippen molar-refractivity contribution in [2.75, 3.05) is 13.1 Å². The summed E-state index contributed by atoms with van der Waals surface area (Å²) >= 11 is 0. The first kappa shape index (κ1) is 17.7. The van der Waals surface area contributed by atoms with Crippen LogP contribution in [0.3, 0.4) is 0 Å². The second kappa shape index (κ2) is 8.30. The highest BCUT2D eigenvalue weighted by Gasteiger charge is 2.39.